The standard InChI is InChI=1S/C29H29BrClN3O3S/c1-4-18-10-12-21(13-11-18)33-28(35)25-17(3)32-29(38)34-26(25)20-14-22(30)27(24(15-20)36-5-2)37-16-19-8-6-7-9-23(19)31/h6-15,26H,4-5,16H2,1-3H3,(H,33,35)(H2,32,34,38)/t26-/m1/s1. The second-order valence-electron chi connectivity index (χ2n) is 8.72. The Hall–Kier alpha value is -3.07. The van der Waals surface area contributed by atoms with Gasteiger partial charge in [0.05, 0.1) is 22.7 Å². The number of carbonyl (C=O) groups excluding carboxylic acids is 1. The number of aryl methyl sites for hydroxylation is 1. The Bertz CT molecular complexity index is 1380. The number of thiocarbonyl (C=S) groups is 1. The summed E-state index contributed by atoms with van der Waals surface area (Å²) in [6.07, 6.45) is 0.932. The van der Waals surface area contributed by atoms with E-state index in [1.807, 2.05) is 74.5 Å². The van der Waals surface area contributed by atoms with Crippen molar-refractivity contribution < 1.29 is 14.3 Å². The lowest BCUT2D eigenvalue weighted by Crippen LogP contribution is -2.45. The third-order valence-corrected chi connectivity index (χ3v) is 7.31. The van der Waals surface area contributed by atoms with Crippen molar-refractivity contribution in [2.75, 3.05) is 11.9 Å². The van der Waals surface area contributed by atoms with Crippen LogP contribution in [-0.4, -0.2) is 17.6 Å². The van der Waals surface area contributed by atoms with Crippen molar-refractivity contribution >= 4 is 56.5 Å². The molecule has 0 spiro atoms. The Kier molecular flexibility index (Phi) is 9.31. The minimum Gasteiger partial charge on any atom is -0.490 e. The molecule has 1 heterocycles. The topological polar surface area (TPSA) is 71.6 Å². The molecule has 0 saturated heterocycles. The van der Waals surface area contributed by atoms with Crippen molar-refractivity contribution in [2.24, 2.45) is 0 Å². The lowest BCUT2D eigenvalue weighted by molar-refractivity contribution is -0.113. The molecule has 1 aliphatic heterocycles. The molecule has 6 nitrogen and oxygen atoms in total. The molecule has 0 bridgehead atoms. The van der Waals surface area contributed by atoms with Crippen molar-refractivity contribution in [1.82, 2.24) is 10.6 Å². The first-order chi connectivity index (χ1) is 18.3. The van der Waals surface area contributed by atoms with Gasteiger partial charge in [0.1, 0.15) is 6.61 Å². The van der Waals surface area contributed by atoms with Crippen molar-refractivity contribution in [3.63, 3.8) is 0 Å². The second kappa shape index (κ2) is 12.7. The number of allylic oxidation sites excluding steroid dienone is 1. The number of benzene rings is 3. The van der Waals surface area contributed by atoms with E-state index in [9.17, 15) is 4.79 Å². The van der Waals surface area contributed by atoms with Crippen LogP contribution in [0.1, 0.15) is 43.5 Å². The van der Waals surface area contributed by atoms with Crippen LogP contribution in [0.3, 0.4) is 0 Å². The van der Waals surface area contributed by atoms with Gasteiger partial charge in [-0.3, -0.25) is 4.79 Å². The Morgan fingerprint density at radius 2 is 1.84 bits per heavy atom. The van der Waals surface area contributed by atoms with Gasteiger partial charge >= 0.3 is 0 Å². The summed E-state index contributed by atoms with van der Waals surface area (Å²) in [6, 6.07) is 18.6. The van der Waals surface area contributed by atoms with E-state index in [4.69, 9.17) is 33.3 Å². The van der Waals surface area contributed by atoms with Gasteiger partial charge in [0.25, 0.3) is 5.91 Å². The Morgan fingerprint density at radius 1 is 1.11 bits per heavy atom. The van der Waals surface area contributed by atoms with Crippen LogP contribution < -0.4 is 25.4 Å². The summed E-state index contributed by atoms with van der Waals surface area (Å²) in [6.45, 7) is 6.55. The molecular weight excluding hydrogens is 586 g/mol. The van der Waals surface area contributed by atoms with Crippen molar-refractivity contribution in [2.45, 2.75) is 39.8 Å². The molecular formula is C29H29BrClN3O3S. The number of anilines is 1. The number of hydrogen-bond donors (Lipinski definition) is 3. The van der Waals surface area contributed by atoms with Gasteiger partial charge in [-0.25, -0.2) is 0 Å². The van der Waals surface area contributed by atoms with Crippen LogP contribution >= 0.6 is 39.7 Å². The van der Waals surface area contributed by atoms with Crippen LogP contribution in [0.2, 0.25) is 5.02 Å². The smallest absolute Gasteiger partial charge is 0.255 e. The molecule has 1 atom stereocenters. The molecule has 3 N–H and O–H groups in total. The normalized spacial score (nSPS) is 15.0. The third-order valence-electron chi connectivity index (χ3n) is 6.13. The van der Waals surface area contributed by atoms with Crippen LogP contribution in [-0.2, 0) is 17.8 Å². The highest BCUT2D eigenvalue weighted by molar-refractivity contribution is 9.10. The maximum atomic E-state index is 13.5. The number of ether oxygens (including phenoxy) is 2. The maximum absolute atomic E-state index is 13.5. The van der Waals surface area contributed by atoms with Gasteiger partial charge in [-0.05, 0) is 89.9 Å². The Morgan fingerprint density at radius 3 is 2.53 bits per heavy atom. The molecule has 0 radical (unpaired) electrons. The fraction of sp³-hybridized carbons (Fsp3) is 0.241. The second-order valence-corrected chi connectivity index (χ2v) is 10.4. The molecule has 0 fully saturated rings. The van der Waals surface area contributed by atoms with E-state index in [2.05, 4.69) is 38.8 Å². The van der Waals surface area contributed by atoms with Crippen molar-refractivity contribution in [3.05, 3.63) is 98.1 Å². The summed E-state index contributed by atoms with van der Waals surface area (Å²) >= 11 is 15.4. The molecule has 38 heavy (non-hydrogen) atoms. The summed E-state index contributed by atoms with van der Waals surface area (Å²) in [4.78, 5) is 13.5. The first-order valence-electron chi connectivity index (χ1n) is 12.3. The highest BCUT2D eigenvalue weighted by Crippen LogP contribution is 2.41. The van der Waals surface area contributed by atoms with E-state index in [-0.39, 0.29) is 12.5 Å². The van der Waals surface area contributed by atoms with Gasteiger partial charge in [0.2, 0.25) is 0 Å². The van der Waals surface area contributed by atoms with E-state index in [0.717, 1.165) is 23.2 Å². The lowest BCUT2D eigenvalue weighted by Gasteiger charge is -2.31. The zero-order valence-corrected chi connectivity index (χ0v) is 24.5. The van der Waals surface area contributed by atoms with Crippen LogP contribution in [0.15, 0.2) is 76.4 Å². The highest BCUT2D eigenvalue weighted by atomic mass is 79.9. The molecule has 0 unspecified atom stereocenters. The van der Waals surface area contributed by atoms with Gasteiger partial charge in [0, 0.05) is 22.0 Å². The van der Waals surface area contributed by atoms with Gasteiger partial charge in [-0.2, -0.15) is 0 Å². The molecule has 3 aromatic rings. The highest BCUT2D eigenvalue weighted by Gasteiger charge is 2.31. The van der Waals surface area contributed by atoms with Crippen LogP contribution in [0.4, 0.5) is 5.69 Å². The largest absolute Gasteiger partial charge is 0.490 e. The van der Waals surface area contributed by atoms with Crippen LogP contribution in [0, 0.1) is 0 Å². The zero-order chi connectivity index (χ0) is 27.2. The quantitative estimate of drug-likeness (QED) is 0.224. The van der Waals surface area contributed by atoms with E-state index in [1.165, 1.54) is 5.56 Å². The summed E-state index contributed by atoms with van der Waals surface area (Å²) in [5, 5.41) is 10.4. The van der Waals surface area contributed by atoms with E-state index >= 15 is 0 Å². The number of carbonyl (C=O) groups is 1. The first kappa shape index (κ1) is 28.0. The van der Waals surface area contributed by atoms with E-state index in [1.54, 1.807) is 0 Å². The number of rotatable bonds is 9. The van der Waals surface area contributed by atoms with Crippen LogP contribution in [0.25, 0.3) is 0 Å². The molecule has 0 aliphatic carbocycles. The summed E-state index contributed by atoms with van der Waals surface area (Å²) in [7, 11) is 0. The summed E-state index contributed by atoms with van der Waals surface area (Å²) in [5.41, 5.74) is 4.78. The minimum atomic E-state index is -0.508. The molecule has 0 saturated carbocycles. The SMILES string of the molecule is CCOc1cc([C@H]2NC(=S)NC(C)=C2C(=O)Nc2ccc(CC)cc2)cc(Br)c1OCc1ccccc1Cl. The molecule has 4 rings (SSSR count). The number of nitrogens with one attached hydrogen (secondary N) is 3. The number of amides is 1. The van der Waals surface area contributed by atoms with Gasteiger partial charge in [-0.1, -0.05) is 48.9 Å². The van der Waals surface area contributed by atoms with E-state index in [0.29, 0.717) is 44.0 Å². The Labute approximate surface area is 241 Å². The maximum Gasteiger partial charge on any atom is 0.255 e. The lowest BCUT2D eigenvalue weighted by atomic mass is 9.94. The van der Waals surface area contributed by atoms with Crippen LogP contribution in [0.5, 0.6) is 11.5 Å². The monoisotopic (exact) mass is 613 g/mol. The predicted octanol–water partition coefficient (Wildman–Crippen LogP) is 7.07. The molecule has 1 aliphatic rings. The first-order valence-corrected chi connectivity index (χ1v) is 13.9. The summed E-state index contributed by atoms with van der Waals surface area (Å²) < 4.78 is 12.8. The van der Waals surface area contributed by atoms with Gasteiger partial charge in [-0.15, -0.1) is 0 Å². The molecule has 198 valence electrons. The average Bonchev–Trinajstić information content (AvgIpc) is 2.89. The molecule has 0 aromatic heterocycles. The number of halogens is 2. The van der Waals surface area contributed by atoms with Gasteiger partial charge < -0.3 is 25.4 Å². The predicted molar refractivity (Wildman–Crippen MR) is 160 cm³/mol. The fourth-order valence-corrected chi connectivity index (χ4v) is 5.23. The fourth-order valence-electron chi connectivity index (χ4n) is 4.19. The van der Waals surface area contributed by atoms with Crippen molar-refractivity contribution in [1.29, 1.82) is 0 Å². The van der Waals surface area contributed by atoms with Gasteiger partial charge in [0.15, 0.2) is 16.6 Å². The Balaban J connectivity index is 1.65. The molecule has 3 aromatic carbocycles. The summed E-state index contributed by atoms with van der Waals surface area (Å²) in [5.74, 6) is 0.866. The number of hydrogen-bond acceptors (Lipinski definition) is 4. The molecule has 9 heteroatoms. The zero-order valence-electron chi connectivity index (χ0n) is 21.4. The minimum absolute atomic E-state index is 0.229. The molecule has 1 amide bonds. The third kappa shape index (κ3) is 6.49. The van der Waals surface area contributed by atoms with Crippen molar-refractivity contribution in [3.8, 4) is 11.5 Å². The average molecular weight is 615 g/mol. The van der Waals surface area contributed by atoms with E-state index < -0.39 is 6.04 Å².